The Labute approximate surface area is 121 Å². The minimum atomic E-state index is 0.453. The van der Waals surface area contributed by atoms with E-state index in [0.29, 0.717) is 6.04 Å². The minimum Gasteiger partial charge on any atom is -0.308 e. The normalized spacial score (nSPS) is 19.9. The van der Waals surface area contributed by atoms with E-state index in [-0.39, 0.29) is 0 Å². The van der Waals surface area contributed by atoms with Crippen LogP contribution in [0.25, 0.3) is 0 Å². The summed E-state index contributed by atoms with van der Waals surface area (Å²) in [7, 11) is 0. The third-order valence-electron chi connectivity index (χ3n) is 3.95. The van der Waals surface area contributed by atoms with Crippen molar-refractivity contribution in [3.8, 4) is 0 Å². The first-order valence-electron chi connectivity index (χ1n) is 7.37. The van der Waals surface area contributed by atoms with Gasteiger partial charge >= 0.3 is 0 Å². The van der Waals surface area contributed by atoms with Crippen LogP contribution in [0.5, 0.6) is 0 Å². The molecule has 1 aliphatic rings. The van der Waals surface area contributed by atoms with Crippen LogP contribution in [0.4, 0.5) is 0 Å². The molecule has 1 fully saturated rings. The zero-order chi connectivity index (χ0) is 13.8. The molecule has 0 bridgehead atoms. The van der Waals surface area contributed by atoms with Gasteiger partial charge < -0.3 is 5.32 Å². The van der Waals surface area contributed by atoms with Crippen molar-refractivity contribution in [3.63, 3.8) is 0 Å². The Kier molecular flexibility index (Phi) is 4.14. The van der Waals surface area contributed by atoms with E-state index in [4.69, 9.17) is 0 Å². The van der Waals surface area contributed by atoms with Gasteiger partial charge in [0.05, 0.1) is 0 Å². The lowest BCUT2D eigenvalue weighted by Gasteiger charge is -2.34. The molecular formula is C18H22N2. The van der Waals surface area contributed by atoms with Gasteiger partial charge in [-0.25, -0.2) is 0 Å². The van der Waals surface area contributed by atoms with E-state index in [1.165, 1.54) is 16.7 Å². The smallest absolute Gasteiger partial charge is 0.0449 e. The van der Waals surface area contributed by atoms with Crippen molar-refractivity contribution in [1.29, 1.82) is 0 Å². The molecule has 3 rings (SSSR count). The number of rotatable bonds is 3. The summed E-state index contributed by atoms with van der Waals surface area (Å²) in [5.74, 6) is 0. The summed E-state index contributed by atoms with van der Waals surface area (Å²) in [6.45, 7) is 6.47. The van der Waals surface area contributed by atoms with Crippen LogP contribution in [0.15, 0.2) is 54.6 Å². The standard InChI is InChI=1S/C18H22N2/c1-15-6-5-7-16(12-15)13-20-11-10-19-18(14-20)17-8-3-2-4-9-17/h2-9,12,18-19H,10-11,13-14H2,1H3. The highest BCUT2D eigenvalue weighted by Gasteiger charge is 2.20. The number of benzene rings is 2. The molecule has 2 heteroatoms. The molecule has 2 aromatic carbocycles. The highest BCUT2D eigenvalue weighted by Crippen LogP contribution is 2.18. The first-order chi connectivity index (χ1) is 9.81. The van der Waals surface area contributed by atoms with Gasteiger partial charge in [-0.15, -0.1) is 0 Å². The predicted molar refractivity (Wildman–Crippen MR) is 83.6 cm³/mol. The van der Waals surface area contributed by atoms with Gasteiger partial charge in [-0.05, 0) is 18.1 Å². The zero-order valence-corrected chi connectivity index (χ0v) is 12.0. The van der Waals surface area contributed by atoms with Gasteiger partial charge in [0.15, 0.2) is 0 Å². The molecule has 1 aliphatic heterocycles. The monoisotopic (exact) mass is 266 g/mol. The van der Waals surface area contributed by atoms with Crippen molar-refractivity contribution < 1.29 is 0 Å². The topological polar surface area (TPSA) is 15.3 Å². The quantitative estimate of drug-likeness (QED) is 0.918. The molecule has 0 amide bonds. The number of hydrogen-bond donors (Lipinski definition) is 1. The average molecular weight is 266 g/mol. The lowest BCUT2D eigenvalue weighted by Crippen LogP contribution is -2.45. The van der Waals surface area contributed by atoms with Crippen molar-refractivity contribution in [2.24, 2.45) is 0 Å². The van der Waals surface area contributed by atoms with E-state index in [1.807, 2.05) is 0 Å². The Hall–Kier alpha value is -1.64. The molecule has 1 N–H and O–H groups in total. The second-order valence-corrected chi connectivity index (χ2v) is 5.64. The maximum atomic E-state index is 3.62. The lowest BCUT2D eigenvalue weighted by atomic mass is 10.0. The number of piperazine rings is 1. The van der Waals surface area contributed by atoms with Crippen LogP contribution in [0.3, 0.4) is 0 Å². The largest absolute Gasteiger partial charge is 0.308 e. The second kappa shape index (κ2) is 6.21. The zero-order valence-electron chi connectivity index (χ0n) is 12.0. The van der Waals surface area contributed by atoms with Crippen molar-refractivity contribution in [2.45, 2.75) is 19.5 Å². The number of hydrogen-bond acceptors (Lipinski definition) is 2. The van der Waals surface area contributed by atoms with Gasteiger partial charge in [0.25, 0.3) is 0 Å². The van der Waals surface area contributed by atoms with Gasteiger partial charge in [-0.1, -0.05) is 60.2 Å². The fourth-order valence-corrected chi connectivity index (χ4v) is 2.93. The molecule has 0 aliphatic carbocycles. The number of nitrogens with zero attached hydrogens (tertiary/aromatic N) is 1. The first kappa shape index (κ1) is 13.3. The van der Waals surface area contributed by atoms with E-state index in [0.717, 1.165) is 26.2 Å². The Bertz CT molecular complexity index is 550. The van der Waals surface area contributed by atoms with Crippen LogP contribution >= 0.6 is 0 Å². The molecule has 2 nitrogen and oxygen atoms in total. The molecule has 0 spiro atoms. The maximum Gasteiger partial charge on any atom is 0.0449 e. The van der Waals surface area contributed by atoms with Gasteiger partial charge in [0, 0.05) is 32.2 Å². The summed E-state index contributed by atoms with van der Waals surface area (Å²) in [5, 5.41) is 3.62. The van der Waals surface area contributed by atoms with Crippen molar-refractivity contribution in [3.05, 3.63) is 71.3 Å². The molecule has 0 aromatic heterocycles. The first-order valence-corrected chi connectivity index (χ1v) is 7.37. The van der Waals surface area contributed by atoms with Crippen LogP contribution < -0.4 is 5.32 Å². The fourth-order valence-electron chi connectivity index (χ4n) is 2.93. The Morgan fingerprint density at radius 1 is 1.10 bits per heavy atom. The van der Waals surface area contributed by atoms with E-state index in [2.05, 4.69) is 71.7 Å². The fraction of sp³-hybridized carbons (Fsp3) is 0.333. The highest BCUT2D eigenvalue weighted by molar-refractivity contribution is 5.23. The van der Waals surface area contributed by atoms with Crippen molar-refractivity contribution >= 4 is 0 Å². The summed E-state index contributed by atoms with van der Waals surface area (Å²) in [6.07, 6.45) is 0. The van der Waals surface area contributed by atoms with E-state index in [1.54, 1.807) is 0 Å². The molecule has 1 saturated heterocycles. The van der Waals surface area contributed by atoms with Crippen LogP contribution in [0, 0.1) is 6.92 Å². The van der Waals surface area contributed by atoms with Crippen LogP contribution in [-0.4, -0.2) is 24.5 Å². The summed E-state index contributed by atoms with van der Waals surface area (Å²) < 4.78 is 0. The minimum absolute atomic E-state index is 0.453. The van der Waals surface area contributed by atoms with E-state index >= 15 is 0 Å². The van der Waals surface area contributed by atoms with Gasteiger partial charge in [-0.2, -0.15) is 0 Å². The molecule has 1 heterocycles. The summed E-state index contributed by atoms with van der Waals surface area (Å²) in [6, 6.07) is 20.0. The summed E-state index contributed by atoms with van der Waals surface area (Å²) >= 11 is 0. The highest BCUT2D eigenvalue weighted by atomic mass is 15.2. The predicted octanol–water partition coefficient (Wildman–Crippen LogP) is 3.14. The van der Waals surface area contributed by atoms with Gasteiger partial charge in [0.2, 0.25) is 0 Å². The van der Waals surface area contributed by atoms with Crippen molar-refractivity contribution in [2.75, 3.05) is 19.6 Å². The molecule has 0 radical (unpaired) electrons. The third kappa shape index (κ3) is 3.27. The van der Waals surface area contributed by atoms with Crippen LogP contribution in [0.1, 0.15) is 22.7 Å². The number of aryl methyl sites for hydroxylation is 1. The van der Waals surface area contributed by atoms with E-state index in [9.17, 15) is 0 Å². The molecule has 0 saturated carbocycles. The van der Waals surface area contributed by atoms with Crippen LogP contribution in [0.2, 0.25) is 0 Å². The Morgan fingerprint density at radius 2 is 1.95 bits per heavy atom. The molecule has 104 valence electrons. The van der Waals surface area contributed by atoms with Crippen LogP contribution in [-0.2, 0) is 6.54 Å². The lowest BCUT2D eigenvalue weighted by molar-refractivity contribution is 0.193. The molecule has 1 atom stereocenters. The SMILES string of the molecule is Cc1cccc(CN2CCNC(c3ccccc3)C2)c1. The third-order valence-corrected chi connectivity index (χ3v) is 3.95. The molecule has 2 aromatic rings. The average Bonchev–Trinajstić information content (AvgIpc) is 2.48. The molecule has 1 unspecified atom stereocenters. The molecule has 20 heavy (non-hydrogen) atoms. The van der Waals surface area contributed by atoms with Gasteiger partial charge in [-0.3, -0.25) is 4.90 Å². The Morgan fingerprint density at radius 3 is 2.75 bits per heavy atom. The number of nitrogens with one attached hydrogen (secondary N) is 1. The summed E-state index contributed by atoms with van der Waals surface area (Å²) in [4.78, 5) is 2.54. The summed E-state index contributed by atoms with van der Waals surface area (Å²) in [5.41, 5.74) is 4.15. The molecular weight excluding hydrogens is 244 g/mol. The maximum absolute atomic E-state index is 3.62. The second-order valence-electron chi connectivity index (χ2n) is 5.64. The van der Waals surface area contributed by atoms with Gasteiger partial charge in [0.1, 0.15) is 0 Å². The van der Waals surface area contributed by atoms with E-state index < -0.39 is 0 Å². The van der Waals surface area contributed by atoms with Crippen molar-refractivity contribution in [1.82, 2.24) is 10.2 Å². The Balaban J connectivity index is 1.66.